The molecule has 0 spiro atoms. The third-order valence-corrected chi connectivity index (χ3v) is 6.11. The number of hydrogen-bond acceptors (Lipinski definition) is 5. The van der Waals surface area contributed by atoms with Gasteiger partial charge in [0.15, 0.2) is 6.29 Å². The molecule has 2 aromatic carbocycles. The minimum atomic E-state index is -5.84. The standard InChI is InChI=1S/C17H20O2S.CHF3O3S/c1-12(18-2)19-16-10-9-15(17-8-5-11-20-17)13-6-3-4-7-14(13)16;2-1(3,4)8(5,6)7/h3-4,6-7,9-10,12,17H,5,8,11H2,1-2H3;(H,5,6,7). The number of methoxy groups -OCH3 is 1. The molecule has 10 heteroatoms. The fraction of sp³-hybridized carbons (Fsp3) is 0.444. The number of thioether (sulfide) groups is 1. The van der Waals surface area contributed by atoms with Crippen molar-refractivity contribution in [3.8, 4) is 5.75 Å². The summed E-state index contributed by atoms with van der Waals surface area (Å²) in [6.45, 7) is 1.91. The Balaban J connectivity index is 0.000000300. The van der Waals surface area contributed by atoms with E-state index in [2.05, 4.69) is 48.2 Å². The van der Waals surface area contributed by atoms with Gasteiger partial charge >= 0.3 is 15.6 Å². The molecular weight excluding hydrogens is 417 g/mol. The molecule has 156 valence electrons. The summed E-state index contributed by atoms with van der Waals surface area (Å²) in [5, 5.41) is 3.13. The van der Waals surface area contributed by atoms with E-state index < -0.39 is 15.6 Å². The Morgan fingerprint density at radius 1 is 1.18 bits per heavy atom. The lowest BCUT2D eigenvalue weighted by atomic mass is 9.99. The molecule has 2 unspecified atom stereocenters. The van der Waals surface area contributed by atoms with Crippen molar-refractivity contribution >= 4 is 32.7 Å². The Labute approximate surface area is 166 Å². The summed E-state index contributed by atoms with van der Waals surface area (Å²) < 4.78 is 68.6. The first-order valence-corrected chi connectivity index (χ1v) is 10.9. The number of alkyl halides is 3. The van der Waals surface area contributed by atoms with Gasteiger partial charge in [0, 0.05) is 17.7 Å². The third-order valence-electron chi connectivity index (χ3n) is 4.11. The molecular formula is C18H21F3O5S2. The van der Waals surface area contributed by atoms with Gasteiger partial charge in [-0.25, -0.2) is 0 Å². The molecule has 0 aliphatic carbocycles. The summed E-state index contributed by atoms with van der Waals surface area (Å²) in [4.78, 5) is 0. The van der Waals surface area contributed by atoms with Gasteiger partial charge in [-0.2, -0.15) is 33.4 Å². The molecule has 0 radical (unpaired) electrons. The topological polar surface area (TPSA) is 72.8 Å². The maximum Gasteiger partial charge on any atom is 0.522 e. The second-order valence-corrected chi connectivity index (χ2v) is 8.77. The van der Waals surface area contributed by atoms with Crippen molar-refractivity contribution in [3.05, 3.63) is 42.0 Å². The van der Waals surface area contributed by atoms with Crippen molar-refractivity contribution in [2.45, 2.75) is 36.8 Å². The van der Waals surface area contributed by atoms with E-state index in [-0.39, 0.29) is 6.29 Å². The molecule has 0 saturated carbocycles. The van der Waals surface area contributed by atoms with Gasteiger partial charge in [-0.1, -0.05) is 30.3 Å². The van der Waals surface area contributed by atoms with E-state index in [4.69, 9.17) is 22.4 Å². The minimum Gasteiger partial charge on any atom is -0.465 e. The maximum atomic E-state index is 10.7. The number of rotatable bonds is 4. The third kappa shape index (κ3) is 5.76. The van der Waals surface area contributed by atoms with E-state index >= 15 is 0 Å². The van der Waals surface area contributed by atoms with E-state index in [1.54, 1.807) is 7.11 Å². The van der Waals surface area contributed by atoms with Gasteiger partial charge in [0.2, 0.25) is 0 Å². The molecule has 2 atom stereocenters. The fourth-order valence-corrected chi connectivity index (χ4v) is 4.06. The van der Waals surface area contributed by atoms with Crippen LogP contribution in [0.5, 0.6) is 5.75 Å². The lowest BCUT2D eigenvalue weighted by Gasteiger charge is -2.18. The highest BCUT2D eigenvalue weighted by Crippen LogP contribution is 2.44. The Kier molecular flexibility index (Phi) is 7.60. The molecule has 0 bridgehead atoms. The molecule has 0 amide bonds. The van der Waals surface area contributed by atoms with Gasteiger partial charge < -0.3 is 9.47 Å². The highest BCUT2D eigenvalue weighted by molar-refractivity contribution is 7.99. The van der Waals surface area contributed by atoms with E-state index in [1.807, 2.05) is 6.92 Å². The number of halogens is 3. The van der Waals surface area contributed by atoms with Crippen LogP contribution < -0.4 is 4.74 Å². The SMILES string of the molecule is COC(C)Oc1ccc(C2CCCS2)c2ccccc12.O=S(=O)(O)C(F)(F)F. The zero-order chi connectivity index (χ0) is 20.9. The first-order chi connectivity index (χ1) is 13.0. The zero-order valence-corrected chi connectivity index (χ0v) is 16.9. The Morgan fingerprint density at radius 3 is 2.29 bits per heavy atom. The summed E-state index contributed by atoms with van der Waals surface area (Å²) in [5.41, 5.74) is -4.09. The number of ether oxygens (including phenoxy) is 2. The zero-order valence-electron chi connectivity index (χ0n) is 15.3. The number of hydrogen-bond donors (Lipinski definition) is 1. The van der Waals surface area contributed by atoms with Gasteiger partial charge in [-0.15, -0.1) is 0 Å². The van der Waals surface area contributed by atoms with Crippen LogP contribution in [0.25, 0.3) is 10.8 Å². The monoisotopic (exact) mass is 438 g/mol. The Morgan fingerprint density at radius 2 is 1.79 bits per heavy atom. The molecule has 1 fully saturated rings. The van der Waals surface area contributed by atoms with Crippen molar-refractivity contribution in [1.29, 1.82) is 0 Å². The lowest BCUT2D eigenvalue weighted by molar-refractivity contribution is -0.0510. The molecule has 28 heavy (non-hydrogen) atoms. The molecule has 3 rings (SSSR count). The van der Waals surface area contributed by atoms with Crippen molar-refractivity contribution < 1.29 is 35.6 Å². The van der Waals surface area contributed by atoms with Crippen molar-refractivity contribution in [2.24, 2.45) is 0 Å². The first kappa shape index (κ1) is 22.8. The molecule has 1 saturated heterocycles. The highest BCUT2D eigenvalue weighted by atomic mass is 32.2. The lowest BCUT2D eigenvalue weighted by Crippen LogP contribution is -2.21. The van der Waals surface area contributed by atoms with E-state index in [0.29, 0.717) is 5.25 Å². The van der Waals surface area contributed by atoms with Crippen LogP contribution in [-0.2, 0) is 14.9 Å². The van der Waals surface area contributed by atoms with E-state index in [1.165, 1.54) is 34.9 Å². The van der Waals surface area contributed by atoms with E-state index in [0.717, 1.165) is 5.75 Å². The number of fused-ring (bicyclic) bond motifs is 1. The predicted molar refractivity (Wildman–Crippen MR) is 103 cm³/mol. The van der Waals surface area contributed by atoms with Gasteiger partial charge in [0.1, 0.15) is 5.75 Å². The van der Waals surface area contributed by atoms with Gasteiger partial charge in [0.05, 0.1) is 0 Å². The summed E-state index contributed by atoms with van der Waals surface area (Å²) in [6.07, 6.45) is 2.37. The molecule has 0 aromatic heterocycles. The summed E-state index contributed by atoms with van der Waals surface area (Å²) in [6, 6.07) is 12.8. The van der Waals surface area contributed by atoms with Gasteiger partial charge in [-0.05, 0) is 42.5 Å². The normalized spacial score (nSPS) is 18.4. The van der Waals surface area contributed by atoms with Crippen LogP contribution in [0.15, 0.2) is 36.4 Å². The molecule has 1 heterocycles. The summed E-state index contributed by atoms with van der Waals surface area (Å²) in [5.74, 6) is 2.18. The van der Waals surface area contributed by atoms with Crippen molar-refractivity contribution in [2.75, 3.05) is 12.9 Å². The number of benzene rings is 2. The molecule has 5 nitrogen and oxygen atoms in total. The average molecular weight is 438 g/mol. The fourth-order valence-electron chi connectivity index (χ4n) is 2.73. The Bertz CT molecular complexity index is 894. The van der Waals surface area contributed by atoms with Gasteiger partial charge in [-0.3, -0.25) is 4.55 Å². The van der Waals surface area contributed by atoms with Crippen LogP contribution in [0.2, 0.25) is 0 Å². The maximum absolute atomic E-state index is 10.7. The van der Waals surface area contributed by atoms with Crippen LogP contribution in [0.3, 0.4) is 0 Å². The second kappa shape index (κ2) is 9.34. The smallest absolute Gasteiger partial charge is 0.465 e. The molecule has 1 aliphatic rings. The van der Waals surface area contributed by atoms with Crippen molar-refractivity contribution in [3.63, 3.8) is 0 Å². The van der Waals surface area contributed by atoms with Crippen LogP contribution in [0.4, 0.5) is 13.2 Å². The van der Waals surface area contributed by atoms with Crippen LogP contribution in [0, 0.1) is 0 Å². The second-order valence-electron chi connectivity index (χ2n) is 6.04. The molecule has 2 aromatic rings. The van der Waals surface area contributed by atoms with Crippen LogP contribution in [-0.4, -0.2) is 37.6 Å². The Hall–Kier alpha value is -1.49. The largest absolute Gasteiger partial charge is 0.522 e. The van der Waals surface area contributed by atoms with E-state index in [9.17, 15) is 13.2 Å². The minimum absolute atomic E-state index is 0.231. The highest BCUT2D eigenvalue weighted by Gasteiger charge is 2.44. The van der Waals surface area contributed by atoms with Crippen LogP contribution >= 0.6 is 11.8 Å². The first-order valence-electron chi connectivity index (χ1n) is 8.41. The van der Waals surface area contributed by atoms with Crippen molar-refractivity contribution in [1.82, 2.24) is 0 Å². The quantitative estimate of drug-likeness (QED) is 0.403. The van der Waals surface area contributed by atoms with Crippen LogP contribution in [0.1, 0.15) is 30.6 Å². The van der Waals surface area contributed by atoms with Gasteiger partial charge in [0.25, 0.3) is 0 Å². The predicted octanol–water partition coefficient (Wildman–Crippen LogP) is 5.17. The molecule has 1 aliphatic heterocycles. The summed E-state index contributed by atoms with van der Waals surface area (Å²) >= 11 is 2.07. The molecule has 1 N–H and O–H groups in total. The average Bonchev–Trinajstić information content (AvgIpc) is 3.15. The summed E-state index contributed by atoms with van der Waals surface area (Å²) in [7, 11) is -4.18.